The van der Waals surface area contributed by atoms with Crippen LogP contribution in [-0.4, -0.2) is 31.7 Å². The SMILES string of the molecule is O=C(O)Cn1nccc1C(=O)Nc1ccc(Cl)cc1[N+](=O)[O-]. The number of amides is 1. The van der Waals surface area contributed by atoms with Crippen molar-refractivity contribution in [2.75, 3.05) is 5.32 Å². The third-order valence-corrected chi connectivity index (χ3v) is 2.87. The van der Waals surface area contributed by atoms with Crippen molar-refractivity contribution in [3.63, 3.8) is 0 Å². The number of hydrogen-bond donors (Lipinski definition) is 2. The van der Waals surface area contributed by atoms with Gasteiger partial charge in [-0.25, -0.2) is 4.68 Å². The second kappa shape index (κ2) is 6.22. The number of nitro benzene ring substituents is 1. The summed E-state index contributed by atoms with van der Waals surface area (Å²) in [4.78, 5) is 33.1. The molecule has 10 heteroatoms. The fraction of sp³-hybridized carbons (Fsp3) is 0.0833. The van der Waals surface area contributed by atoms with E-state index in [9.17, 15) is 19.7 Å². The topological polar surface area (TPSA) is 127 Å². The summed E-state index contributed by atoms with van der Waals surface area (Å²) in [6.07, 6.45) is 1.26. The van der Waals surface area contributed by atoms with Gasteiger partial charge in [0.2, 0.25) is 0 Å². The average molecular weight is 325 g/mol. The van der Waals surface area contributed by atoms with Gasteiger partial charge in [0.1, 0.15) is 17.9 Å². The second-order valence-electron chi connectivity index (χ2n) is 4.14. The monoisotopic (exact) mass is 324 g/mol. The Hall–Kier alpha value is -2.94. The number of nitrogens with one attached hydrogen (secondary N) is 1. The van der Waals surface area contributed by atoms with Crippen LogP contribution in [0.4, 0.5) is 11.4 Å². The van der Waals surface area contributed by atoms with Crippen LogP contribution in [0.15, 0.2) is 30.5 Å². The number of aromatic nitrogens is 2. The van der Waals surface area contributed by atoms with Crippen molar-refractivity contribution in [1.29, 1.82) is 0 Å². The number of carbonyl (C=O) groups is 2. The number of aliphatic carboxylic acids is 1. The van der Waals surface area contributed by atoms with Gasteiger partial charge in [-0.05, 0) is 18.2 Å². The molecule has 0 fully saturated rings. The van der Waals surface area contributed by atoms with E-state index in [4.69, 9.17) is 16.7 Å². The molecule has 0 spiro atoms. The molecule has 0 saturated heterocycles. The molecule has 0 saturated carbocycles. The summed E-state index contributed by atoms with van der Waals surface area (Å²) in [7, 11) is 0. The number of nitrogens with zero attached hydrogens (tertiary/aromatic N) is 3. The number of rotatable bonds is 5. The van der Waals surface area contributed by atoms with Gasteiger partial charge in [-0.1, -0.05) is 11.6 Å². The van der Waals surface area contributed by atoms with Crippen LogP contribution in [0.3, 0.4) is 0 Å². The van der Waals surface area contributed by atoms with E-state index in [1.165, 1.54) is 24.4 Å². The number of carboxylic acids is 1. The van der Waals surface area contributed by atoms with Crippen molar-refractivity contribution < 1.29 is 19.6 Å². The van der Waals surface area contributed by atoms with Gasteiger partial charge in [-0.3, -0.25) is 19.7 Å². The van der Waals surface area contributed by atoms with Crippen LogP contribution in [0.2, 0.25) is 5.02 Å². The minimum atomic E-state index is -1.17. The lowest BCUT2D eigenvalue weighted by molar-refractivity contribution is -0.383. The predicted molar refractivity (Wildman–Crippen MR) is 75.9 cm³/mol. The van der Waals surface area contributed by atoms with Gasteiger partial charge in [-0.15, -0.1) is 0 Å². The van der Waals surface area contributed by atoms with E-state index in [0.29, 0.717) is 0 Å². The van der Waals surface area contributed by atoms with E-state index in [1.807, 2.05) is 0 Å². The normalized spacial score (nSPS) is 10.2. The minimum absolute atomic E-state index is 0.0355. The van der Waals surface area contributed by atoms with Crippen LogP contribution in [0, 0.1) is 10.1 Å². The van der Waals surface area contributed by atoms with Gasteiger partial charge in [0, 0.05) is 17.3 Å². The molecule has 0 aliphatic carbocycles. The highest BCUT2D eigenvalue weighted by molar-refractivity contribution is 6.31. The predicted octanol–water partition coefficient (Wildman–Crippen LogP) is 1.78. The van der Waals surface area contributed by atoms with Gasteiger partial charge in [0.05, 0.1) is 4.92 Å². The maximum atomic E-state index is 12.1. The molecule has 1 aromatic carbocycles. The van der Waals surface area contributed by atoms with Gasteiger partial charge < -0.3 is 10.4 Å². The van der Waals surface area contributed by atoms with Crippen LogP contribution in [0.1, 0.15) is 10.5 Å². The van der Waals surface area contributed by atoms with E-state index in [2.05, 4.69) is 10.4 Å². The third-order valence-electron chi connectivity index (χ3n) is 2.64. The van der Waals surface area contributed by atoms with Crippen molar-refractivity contribution in [2.24, 2.45) is 0 Å². The first-order valence-corrected chi connectivity index (χ1v) is 6.25. The maximum absolute atomic E-state index is 12.1. The molecule has 0 bridgehead atoms. The highest BCUT2D eigenvalue weighted by atomic mass is 35.5. The molecule has 1 heterocycles. The van der Waals surface area contributed by atoms with Gasteiger partial charge in [-0.2, -0.15) is 5.10 Å². The number of nitro groups is 1. The molecule has 22 heavy (non-hydrogen) atoms. The Bertz CT molecular complexity index is 758. The first-order chi connectivity index (χ1) is 10.4. The molecule has 0 radical (unpaired) electrons. The molecule has 0 aliphatic heterocycles. The zero-order valence-electron chi connectivity index (χ0n) is 10.9. The van der Waals surface area contributed by atoms with E-state index in [0.717, 1.165) is 10.7 Å². The summed E-state index contributed by atoms with van der Waals surface area (Å²) < 4.78 is 0.972. The first kappa shape index (κ1) is 15.4. The van der Waals surface area contributed by atoms with E-state index in [1.54, 1.807) is 0 Å². The summed E-state index contributed by atoms with van der Waals surface area (Å²) in [5.41, 5.74) is -0.459. The fourth-order valence-corrected chi connectivity index (χ4v) is 1.89. The number of carboxylic acid groups (broad SMARTS) is 1. The zero-order chi connectivity index (χ0) is 16.3. The van der Waals surface area contributed by atoms with Crippen molar-refractivity contribution in [1.82, 2.24) is 9.78 Å². The summed E-state index contributed by atoms with van der Waals surface area (Å²) in [6.45, 7) is -0.502. The number of benzene rings is 1. The van der Waals surface area contributed by atoms with Crippen molar-refractivity contribution >= 4 is 34.9 Å². The molecule has 1 aromatic heterocycles. The Balaban J connectivity index is 2.28. The van der Waals surface area contributed by atoms with Crippen molar-refractivity contribution in [2.45, 2.75) is 6.54 Å². The lowest BCUT2D eigenvalue weighted by Crippen LogP contribution is -2.21. The maximum Gasteiger partial charge on any atom is 0.325 e. The summed E-state index contributed by atoms with van der Waals surface area (Å²) >= 11 is 5.68. The molecule has 1 amide bonds. The smallest absolute Gasteiger partial charge is 0.325 e. The summed E-state index contributed by atoms with van der Waals surface area (Å²) in [5.74, 6) is -1.89. The Labute approximate surface area is 128 Å². The van der Waals surface area contributed by atoms with Crippen LogP contribution in [-0.2, 0) is 11.3 Å². The lowest BCUT2D eigenvalue weighted by atomic mass is 10.2. The van der Waals surface area contributed by atoms with Crippen LogP contribution < -0.4 is 5.32 Å². The largest absolute Gasteiger partial charge is 0.480 e. The highest BCUT2D eigenvalue weighted by Gasteiger charge is 2.19. The molecule has 2 rings (SSSR count). The molecule has 2 N–H and O–H groups in total. The standard InChI is InChI=1S/C12H9ClN4O5/c13-7-1-2-8(10(5-7)17(21)22)15-12(20)9-3-4-14-16(9)6-11(18)19/h1-5H,6H2,(H,15,20)(H,18,19). The molecule has 0 aliphatic rings. The van der Waals surface area contributed by atoms with Crippen LogP contribution in [0.25, 0.3) is 0 Å². The molecule has 2 aromatic rings. The van der Waals surface area contributed by atoms with Crippen LogP contribution in [0.5, 0.6) is 0 Å². The second-order valence-corrected chi connectivity index (χ2v) is 4.58. The molecule has 0 atom stereocenters. The molecule has 9 nitrogen and oxygen atoms in total. The van der Waals surface area contributed by atoms with Gasteiger partial charge in [0.15, 0.2) is 0 Å². The Morgan fingerprint density at radius 2 is 2.14 bits per heavy atom. The average Bonchev–Trinajstić information content (AvgIpc) is 2.87. The quantitative estimate of drug-likeness (QED) is 0.637. The first-order valence-electron chi connectivity index (χ1n) is 5.87. The van der Waals surface area contributed by atoms with E-state index in [-0.39, 0.29) is 22.1 Å². The molecule has 0 unspecified atom stereocenters. The Kier molecular flexibility index (Phi) is 4.37. The van der Waals surface area contributed by atoms with Crippen molar-refractivity contribution in [3.05, 3.63) is 51.3 Å². The lowest BCUT2D eigenvalue weighted by Gasteiger charge is -2.07. The summed E-state index contributed by atoms with van der Waals surface area (Å²) in [5, 5.41) is 25.9. The molecular formula is C12H9ClN4O5. The Morgan fingerprint density at radius 1 is 1.41 bits per heavy atom. The van der Waals surface area contributed by atoms with Gasteiger partial charge >= 0.3 is 5.97 Å². The van der Waals surface area contributed by atoms with E-state index >= 15 is 0 Å². The summed E-state index contributed by atoms with van der Waals surface area (Å²) in [6, 6.07) is 5.08. The number of hydrogen-bond acceptors (Lipinski definition) is 5. The third kappa shape index (κ3) is 3.38. The Morgan fingerprint density at radius 3 is 2.77 bits per heavy atom. The van der Waals surface area contributed by atoms with E-state index < -0.39 is 23.3 Å². The molecule has 114 valence electrons. The minimum Gasteiger partial charge on any atom is -0.480 e. The van der Waals surface area contributed by atoms with Crippen molar-refractivity contribution in [3.8, 4) is 0 Å². The zero-order valence-corrected chi connectivity index (χ0v) is 11.6. The molecular weight excluding hydrogens is 316 g/mol. The number of halogens is 1. The number of anilines is 1. The van der Waals surface area contributed by atoms with Gasteiger partial charge in [0.25, 0.3) is 11.6 Å². The highest BCUT2D eigenvalue weighted by Crippen LogP contribution is 2.28. The fourth-order valence-electron chi connectivity index (χ4n) is 1.73. The number of carbonyl (C=O) groups excluding carboxylic acids is 1. The van der Waals surface area contributed by atoms with Crippen LogP contribution >= 0.6 is 11.6 Å².